The van der Waals surface area contributed by atoms with Crippen molar-refractivity contribution in [1.82, 2.24) is 0 Å². The van der Waals surface area contributed by atoms with Crippen molar-refractivity contribution in [3.63, 3.8) is 0 Å². The molecule has 0 saturated heterocycles. The minimum absolute atomic E-state index is 0.148. The molecule has 0 aliphatic rings. The Morgan fingerprint density at radius 3 is 1.52 bits per heavy atom. The Morgan fingerprint density at radius 2 is 1.19 bits per heavy atom. The molecule has 6 nitrogen and oxygen atoms in total. The molecule has 2 aromatic carbocycles. The van der Waals surface area contributed by atoms with Crippen molar-refractivity contribution in [3.05, 3.63) is 60.4 Å². The van der Waals surface area contributed by atoms with Gasteiger partial charge in [-0.05, 0) is 24.3 Å². The number of rotatable bonds is 2. The number of hydrogen-bond acceptors (Lipinski definition) is 4. The van der Waals surface area contributed by atoms with E-state index in [0.29, 0.717) is 0 Å². The Hall–Kier alpha value is -1.81. The maximum absolute atomic E-state index is 12.6. The Labute approximate surface area is 122 Å². The zero-order chi connectivity index (χ0) is 16.1. The number of nitrogens with two attached hydrogens (primary N) is 2. The highest BCUT2D eigenvalue weighted by Crippen LogP contribution is 2.10. The summed E-state index contributed by atoms with van der Waals surface area (Å²) < 4.78 is 55.0. The molecule has 9 heteroatoms. The minimum Gasteiger partial charge on any atom is -0.225 e. The fourth-order valence-corrected chi connectivity index (χ4v) is 2.43. The summed E-state index contributed by atoms with van der Waals surface area (Å²) in [6.45, 7) is 0. The first-order valence-electron chi connectivity index (χ1n) is 5.47. The number of halogens is 1. The van der Waals surface area contributed by atoms with Crippen LogP contribution in [0.4, 0.5) is 4.39 Å². The van der Waals surface area contributed by atoms with Crippen LogP contribution in [0.15, 0.2) is 64.4 Å². The average Bonchev–Trinajstić information content (AvgIpc) is 2.39. The maximum atomic E-state index is 12.6. The standard InChI is InChI=1S/C6H6FNO2S.C6H7NO2S/c7-5-3-1-2-4-6(5)11(8,9)10;7-10(8,9)6-4-2-1-3-5-6/h1-4H,(H2,8,9,10);1-5H,(H2,7,8,9). The fourth-order valence-electron chi connectivity index (χ4n) is 1.29. The van der Waals surface area contributed by atoms with E-state index in [9.17, 15) is 21.2 Å². The van der Waals surface area contributed by atoms with Gasteiger partial charge in [-0.15, -0.1) is 0 Å². The minimum atomic E-state index is -3.91. The topological polar surface area (TPSA) is 120 Å². The molecule has 0 bridgehead atoms. The molecule has 0 aromatic heterocycles. The first-order valence-corrected chi connectivity index (χ1v) is 8.57. The lowest BCUT2D eigenvalue weighted by Gasteiger charge is -1.97. The van der Waals surface area contributed by atoms with Gasteiger partial charge >= 0.3 is 0 Å². The van der Waals surface area contributed by atoms with Gasteiger partial charge in [0.1, 0.15) is 10.7 Å². The molecule has 0 atom stereocenters. The second-order valence-electron chi connectivity index (χ2n) is 3.83. The monoisotopic (exact) mass is 332 g/mol. The summed E-state index contributed by atoms with van der Waals surface area (Å²) in [5.74, 6) is -0.824. The number of benzene rings is 2. The first-order chi connectivity index (χ1) is 9.62. The van der Waals surface area contributed by atoms with Crippen LogP contribution in [0.25, 0.3) is 0 Å². The lowest BCUT2D eigenvalue weighted by atomic mass is 10.4. The molecule has 0 fully saturated rings. The van der Waals surface area contributed by atoms with E-state index >= 15 is 0 Å². The molecule has 4 N–H and O–H groups in total. The molecular formula is C12H13FN2O4S2. The molecule has 114 valence electrons. The molecule has 0 unspecified atom stereocenters. The van der Waals surface area contributed by atoms with Crippen molar-refractivity contribution in [2.24, 2.45) is 10.3 Å². The van der Waals surface area contributed by atoms with E-state index in [4.69, 9.17) is 5.14 Å². The Kier molecular flexibility index (Phi) is 5.55. The second-order valence-corrected chi connectivity index (χ2v) is 6.92. The molecule has 0 saturated carbocycles. The smallest absolute Gasteiger partial charge is 0.225 e. The van der Waals surface area contributed by atoms with Crippen molar-refractivity contribution >= 4 is 20.0 Å². The summed E-state index contributed by atoms with van der Waals surface area (Å²) in [4.78, 5) is -0.324. The van der Waals surface area contributed by atoms with Crippen LogP contribution in [-0.4, -0.2) is 16.8 Å². The van der Waals surface area contributed by atoms with Gasteiger partial charge in [0.15, 0.2) is 0 Å². The van der Waals surface area contributed by atoms with Gasteiger partial charge in [-0.2, -0.15) is 0 Å². The van der Waals surface area contributed by atoms with Crippen LogP contribution in [0.3, 0.4) is 0 Å². The molecule has 2 rings (SSSR count). The summed E-state index contributed by atoms with van der Waals surface area (Å²) in [6, 6.07) is 12.8. The van der Waals surface area contributed by atoms with Gasteiger partial charge in [0, 0.05) is 0 Å². The van der Waals surface area contributed by atoms with Crippen molar-refractivity contribution in [3.8, 4) is 0 Å². The van der Waals surface area contributed by atoms with Crippen molar-refractivity contribution in [2.75, 3.05) is 0 Å². The lowest BCUT2D eigenvalue weighted by molar-refractivity contribution is 0.568. The van der Waals surface area contributed by atoms with Crippen LogP contribution in [0.1, 0.15) is 0 Å². The lowest BCUT2D eigenvalue weighted by Crippen LogP contribution is -2.13. The van der Waals surface area contributed by atoms with Crippen LogP contribution in [0, 0.1) is 5.82 Å². The largest absolute Gasteiger partial charge is 0.240 e. The molecule has 0 aliphatic heterocycles. The van der Waals surface area contributed by atoms with E-state index < -0.39 is 30.8 Å². The van der Waals surface area contributed by atoms with E-state index in [1.54, 1.807) is 18.2 Å². The van der Waals surface area contributed by atoms with Gasteiger partial charge in [0.05, 0.1) is 4.90 Å². The predicted molar refractivity (Wildman–Crippen MR) is 75.6 cm³/mol. The second kappa shape index (κ2) is 6.76. The number of primary sulfonamides is 2. The SMILES string of the molecule is NS(=O)(=O)c1ccccc1.NS(=O)(=O)c1ccccc1F. The van der Waals surface area contributed by atoms with Crippen molar-refractivity contribution < 1.29 is 21.2 Å². The highest BCUT2D eigenvalue weighted by atomic mass is 32.2. The summed E-state index contributed by atoms with van der Waals surface area (Å²) in [5.41, 5.74) is 0. The average molecular weight is 332 g/mol. The molecule has 2 aromatic rings. The molecule has 0 radical (unpaired) electrons. The highest BCUT2D eigenvalue weighted by molar-refractivity contribution is 7.89. The van der Waals surface area contributed by atoms with Gasteiger partial charge in [-0.25, -0.2) is 31.5 Å². The van der Waals surface area contributed by atoms with E-state index in [2.05, 4.69) is 5.14 Å². The third-order valence-corrected chi connectivity index (χ3v) is 4.09. The number of hydrogen-bond donors (Lipinski definition) is 2. The summed E-state index contributed by atoms with van der Waals surface area (Å²) in [5, 5.41) is 9.52. The summed E-state index contributed by atoms with van der Waals surface area (Å²) >= 11 is 0. The van der Waals surface area contributed by atoms with Gasteiger partial charge in [0.25, 0.3) is 0 Å². The van der Waals surface area contributed by atoms with Crippen LogP contribution >= 0.6 is 0 Å². The summed E-state index contributed by atoms with van der Waals surface area (Å²) in [7, 11) is -7.41. The molecule has 0 amide bonds. The van der Waals surface area contributed by atoms with Crippen LogP contribution < -0.4 is 10.3 Å². The van der Waals surface area contributed by atoms with Gasteiger partial charge in [0.2, 0.25) is 20.0 Å². The summed E-state index contributed by atoms with van der Waals surface area (Å²) in [6.07, 6.45) is 0. The Morgan fingerprint density at radius 1 is 0.714 bits per heavy atom. The molecule has 21 heavy (non-hydrogen) atoms. The van der Waals surface area contributed by atoms with Crippen LogP contribution in [0.5, 0.6) is 0 Å². The third-order valence-electron chi connectivity index (χ3n) is 2.21. The van der Waals surface area contributed by atoms with E-state index in [1.165, 1.54) is 24.3 Å². The fraction of sp³-hybridized carbons (Fsp3) is 0. The van der Waals surface area contributed by atoms with Gasteiger partial charge < -0.3 is 0 Å². The van der Waals surface area contributed by atoms with Crippen LogP contribution in [-0.2, 0) is 20.0 Å². The Balaban J connectivity index is 0.000000211. The number of sulfonamides is 2. The predicted octanol–water partition coefficient (Wildman–Crippen LogP) is 0.807. The van der Waals surface area contributed by atoms with E-state index in [-0.39, 0.29) is 4.90 Å². The zero-order valence-electron chi connectivity index (χ0n) is 10.7. The van der Waals surface area contributed by atoms with Crippen molar-refractivity contribution in [2.45, 2.75) is 9.79 Å². The molecule has 0 spiro atoms. The molecule has 0 heterocycles. The Bertz CT molecular complexity index is 806. The highest BCUT2D eigenvalue weighted by Gasteiger charge is 2.11. The zero-order valence-corrected chi connectivity index (χ0v) is 12.3. The molecular weight excluding hydrogens is 319 g/mol. The maximum Gasteiger partial charge on any atom is 0.240 e. The van der Waals surface area contributed by atoms with Gasteiger partial charge in [-0.1, -0.05) is 30.3 Å². The normalized spacial score (nSPS) is 11.4. The van der Waals surface area contributed by atoms with E-state index in [0.717, 1.165) is 12.1 Å². The first kappa shape index (κ1) is 17.2. The quantitative estimate of drug-likeness (QED) is 0.845. The van der Waals surface area contributed by atoms with Crippen LogP contribution in [0.2, 0.25) is 0 Å². The van der Waals surface area contributed by atoms with Crippen molar-refractivity contribution in [1.29, 1.82) is 0 Å². The third kappa shape index (κ3) is 5.60. The van der Waals surface area contributed by atoms with Gasteiger partial charge in [-0.3, -0.25) is 0 Å². The molecule has 0 aliphatic carbocycles. The van der Waals surface area contributed by atoms with E-state index in [1.807, 2.05) is 0 Å².